The van der Waals surface area contributed by atoms with Crippen LogP contribution in [-0.4, -0.2) is 40.8 Å². The molecule has 0 saturated carbocycles. The van der Waals surface area contributed by atoms with E-state index in [2.05, 4.69) is 5.10 Å². The van der Waals surface area contributed by atoms with Crippen LogP contribution in [0.2, 0.25) is 5.02 Å². The number of H-pyrrole nitrogens is 1. The second-order valence-electron chi connectivity index (χ2n) is 5.90. The zero-order valence-corrected chi connectivity index (χ0v) is 17.5. The zero-order valence-electron chi connectivity index (χ0n) is 15.1. The summed E-state index contributed by atoms with van der Waals surface area (Å²) in [7, 11) is -8.76. The van der Waals surface area contributed by atoms with Gasteiger partial charge in [0.15, 0.2) is 5.75 Å². The van der Waals surface area contributed by atoms with Crippen LogP contribution in [0.5, 0.6) is 5.75 Å². The summed E-state index contributed by atoms with van der Waals surface area (Å²) in [5.41, 5.74) is 5.71. The smallest absolute Gasteiger partial charge is 0.298 e. The minimum Gasteiger partial charge on any atom is -0.504 e. The van der Waals surface area contributed by atoms with Crippen molar-refractivity contribution in [1.29, 1.82) is 0 Å². The van der Waals surface area contributed by atoms with Gasteiger partial charge in [-0.3, -0.25) is 19.0 Å². The van der Waals surface area contributed by atoms with Crippen molar-refractivity contribution in [2.24, 2.45) is 0 Å². The molecular weight excluding hydrogens is 462 g/mol. The van der Waals surface area contributed by atoms with Crippen LogP contribution < -0.4 is 11.3 Å². The third-order valence-electron chi connectivity index (χ3n) is 3.57. The van der Waals surface area contributed by atoms with Crippen molar-refractivity contribution in [2.45, 2.75) is 16.7 Å². The highest BCUT2D eigenvalue weighted by atomic mass is 35.5. The molecule has 2 aromatic carbocycles. The maximum absolute atomic E-state index is 11.5. The molecule has 1 heterocycles. The molecule has 0 aliphatic carbocycles. The minimum atomic E-state index is -4.49. The van der Waals surface area contributed by atoms with Crippen molar-refractivity contribution in [3.63, 3.8) is 0 Å². The molecule has 0 bridgehead atoms. The molecule has 0 spiro atoms. The molecule has 1 aromatic heterocycles. The van der Waals surface area contributed by atoms with Crippen LogP contribution in [0.15, 0.2) is 57.1 Å². The van der Waals surface area contributed by atoms with Crippen LogP contribution in [0.3, 0.4) is 0 Å². The maximum Gasteiger partial charge on any atom is 0.298 e. The maximum atomic E-state index is 11.5. The fraction of sp³-hybridized carbons (Fsp3) is 0.0625. The average molecular weight is 478 g/mol. The number of nitrogens with one attached hydrogen (secondary N) is 1. The Morgan fingerprint density at radius 2 is 1.67 bits per heavy atom. The zero-order chi connectivity index (χ0) is 22.9. The molecule has 3 aromatic rings. The lowest BCUT2D eigenvalue weighted by molar-refractivity contribution is 0.445. The normalized spacial score (nSPS) is 11.6. The second kappa shape index (κ2) is 8.49. The number of phenols is 1. The molecule has 3 rings (SSSR count). The summed E-state index contributed by atoms with van der Waals surface area (Å²) in [5, 5.41) is 11.9. The van der Waals surface area contributed by atoms with Crippen LogP contribution in [0.1, 0.15) is 5.69 Å². The fourth-order valence-electron chi connectivity index (χ4n) is 2.28. The monoisotopic (exact) mass is 477 g/mol. The van der Waals surface area contributed by atoms with E-state index >= 15 is 0 Å². The number of aryl methyl sites for hydroxylation is 1. The highest BCUT2D eigenvalue weighted by Crippen LogP contribution is 2.32. The first-order valence-electron chi connectivity index (χ1n) is 7.82. The van der Waals surface area contributed by atoms with Gasteiger partial charge in [0.1, 0.15) is 4.90 Å². The number of aromatic nitrogens is 2. The van der Waals surface area contributed by atoms with Crippen molar-refractivity contribution < 1.29 is 31.0 Å². The molecule has 11 nitrogen and oxygen atoms in total. The van der Waals surface area contributed by atoms with Crippen LogP contribution in [-0.2, 0) is 20.2 Å². The number of halogens is 1. The summed E-state index contributed by atoms with van der Waals surface area (Å²) < 4.78 is 61.9. The molecule has 0 atom stereocenters. The van der Waals surface area contributed by atoms with Gasteiger partial charge < -0.3 is 10.8 Å². The lowest BCUT2D eigenvalue weighted by Crippen LogP contribution is -2.14. The number of nitrogens with two attached hydrogens (primary N) is 1. The number of nitrogen functional groups attached to an aromatic ring is 1. The van der Waals surface area contributed by atoms with Gasteiger partial charge >= 0.3 is 0 Å². The summed E-state index contributed by atoms with van der Waals surface area (Å²) >= 11 is 5.46. The second-order valence-corrected chi connectivity index (χ2v) is 9.15. The van der Waals surface area contributed by atoms with Crippen molar-refractivity contribution >= 4 is 37.5 Å². The Morgan fingerprint density at radius 3 is 2.17 bits per heavy atom. The van der Waals surface area contributed by atoms with Gasteiger partial charge in [0.25, 0.3) is 25.8 Å². The van der Waals surface area contributed by atoms with Crippen molar-refractivity contribution in [2.75, 3.05) is 5.73 Å². The van der Waals surface area contributed by atoms with Crippen molar-refractivity contribution in [1.82, 2.24) is 9.78 Å². The number of anilines is 1. The van der Waals surface area contributed by atoms with Crippen LogP contribution in [0.25, 0.3) is 5.69 Å². The van der Waals surface area contributed by atoms with Crippen molar-refractivity contribution in [3.05, 3.63) is 63.5 Å². The molecule has 0 aliphatic heterocycles. The van der Waals surface area contributed by atoms with Crippen molar-refractivity contribution in [3.8, 4) is 11.4 Å². The van der Waals surface area contributed by atoms with E-state index in [1.54, 1.807) is 13.0 Å². The molecule has 0 aliphatic rings. The number of aromatic amines is 1. The molecule has 14 heteroatoms. The SMILES string of the molecule is Cc1cc(=O)n(-c2cccc(S(=O)(=O)O)c2)[nH]1.Nc1cc(Cl)cc(S(=O)(=O)O)c1O. The Morgan fingerprint density at radius 1 is 1.03 bits per heavy atom. The van der Waals surface area contributed by atoms with Gasteiger partial charge in [-0.2, -0.15) is 16.8 Å². The number of benzene rings is 2. The number of rotatable bonds is 3. The van der Waals surface area contributed by atoms with E-state index in [-0.39, 0.29) is 21.2 Å². The Hall–Kier alpha value is -2.84. The number of hydrogen-bond acceptors (Lipinski definition) is 7. The third kappa shape index (κ3) is 5.61. The predicted octanol–water partition coefficient (Wildman–Crippen LogP) is 1.60. The van der Waals surface area contributed by atoms with Gasteiger partial charge in [0.05, 0.1) is 16.3 Å². The minimum absolute atomic E-state index is 0.0166. The number of phenolic OH excluding ortho intramolecular Hbond substituents is 1. The third-order valence-corrected chi connectivity index (χ3v) is 5.50. The first kappa shape index (κ1) is 23.4. The lowest BCUT2D eigenvalue weighted by atomic mass is 10.3. The van der Waals surface area contributed by atoms with Gasteiger partial charge in [-0.15, -0.1) is 0 Å². The van der Waals surface area contributed by atoms with Crippen LogP contribution >= 0.6 is 11.6 Å². The molecule has 0 unspecified atom stereocenters. The van der Waals surface area contributed by atoms with Crippen LogP contribution in [0, 0.1) is 6.92 Å². The first-order valence-corrected chi connectivity index (χ1v) is 11.1. The first-order chi connectivity index (χ1) is 13.7. The van der Waals surface area contributed by atoms with Crippen LogP contribution in [0.4, 0.5) is 5.69 Å². The molecule has 0 radical (unpaired) electrons. The van der Waals surface area contributed by atoms with E-state index in [0.29, 0.717) is 11.4 Å². The summed E-state index contributed by atoms with van der Waals surface area (Å²) in [5.74, 6) is -0.702. The van der Waals surface area contributed by atoms with E-state index in [1.807, 2.05) is 0 Å². The van der Waals surface area contributed by atoms with Gasteiger partial charge in [-0.1, -0.05) is 17.7 Å². The Kier molecular flexibility index (Phi) is 6.63. The summed E-state index contributed by atoms with van der Waals surface area (Å²) in [4.78, 5) is 10.6. The summed E-state index contributed by atoms with van der Waals surface area (Å²) in [6, 6.07) is 8.94. The summed E-state index contributed by atoms with van der Waals surface area (Å²) in [6.07, 6.45) is 0. The molecular formula is C16H16ClN3O8S2. The van der Waals surface area contributed by atoms with Gasteiger partial charge in [0.2, 0.25) is 0 Å². The molecule has 6 N–H and O–H groups in total. The standard InChI is InChI=1S/C10H10N2O4S.C6H6ClNO4S/c1-7-5-10(13)12(11-7)8-3-2-4-9(6-8)17(14,15)16;7-3-1-4(8)6(9)5(2-3)13(10,11)12/h2-6,11H,1H3,(H,14,15,16);1-2,9H,8H2,(H,10,11,12). The topological polar surface area (TPSA) is 193 Å². The quantitative estimate of drug-likeness (QED) is 0.211. The van der Waals surface area contributed by atoms with E-state index in [4.69, 9.17) is 31.5 Å². The molecule has 162 valence electrons. The summed E-state index contributed by atoms with van der Waals surface area (Å²) in [6.45, 7) is 1.71. The Balaban J connectivity index is 0.000000222. The average Bonchev–Trinajstić information content (AvgIpc) is 2.95. The molecule has 0 saturated heterocycles. The highest BCUT2D eigenvalue weighted by molar-refractivity contribution is 7.86. The highest BCUT2D eigenvalue weighted by Gasteiger charge is 2.18. The van der Waals surface area contributed by atoms with Gasteiger partial charge in [0, 0.05) is 16.8 Å². The van der Waals surface area contributed by atoms with E-state index < -0.39 is 30.9 Å². The van der Waals surface area contributed by atoms with Gasteiger partial charge in [-0.25, -0.2) is 4.68 Å². The molecule has 0 fully saturated rings. The number of aromatic hydroxyl groups is 1. The van der Waals surface area contributed by atoms with E-state index in [0.717, 1.165) is 6.07 Å². The number of hydrogen-bond donors (Lipinski definition) is 5. The molecule has 0 amide bonds. The van der Waals surface area contributed by atoms with Gasteiger partial charge in [-0.05, 0) is 37.3 Å². The Labute approximate surface area is 175 Å². The van der Waals surface area contributed by atoms with E-state index in [1.165, 1.54) is 35.0 Å². The molecule has 30 heavy (non-hydrogen) atoms. The fourth-order valence-corrected chi connectivity index (χ4v) is 3.73. The predicted molar refractivity (Wildman–Crippen MR) is 108 cm³/mol. The lowest BCUT2D eigenvalue weighted by Gasteiger charge is -2.04. The Bertz CT molecular complexity index is 1360. The largest absolute Gasteiger partial charge is 0.504 e. The number of nitrogens with zero attached hydrogens (tertiary/aromatic N) is 1. The van der Waals surface area contributed by atoms with E-state index in [9.17, 15) is 21.6 Å².